The van der Waals surface area contributed by atoms with Crippen molar-refractivity contribution >= 4 is 66.9 Å². The molecule has 4 aromatic carbocycles. The van der Waals surface area contributed by atoms with Crippen molar-refractivity contribution in [2.75, 3.05) is 34.4 Å². The van der Waals surface area contributed by atoms with Crippen molar-refractivity contribution in [3.63, 3.8) is 0 Å². The molecule has 8 N–H and O–H groups in total. The Balaban J connectivity index is 1.06. The first-order valence-electron chi connectivity index (χ1n) is 16.0. The van der Waals surface area contributed by atoms with Gasteiger partial charge in [-0.25, -0.2) is 45.5 Å². The Morgan fingerprint density at radius 1 is 0.385 bits per heavy atom. The molecule has 0 heterocycles. The Hall–Kier alpha value is -6.14. The second-order valence-corrected chi connectivity index (χ2v) is 14.4. The Kier molecular flexibility index (Phi) is 13.9. The summed E-state index contributed by atoms with van der Waals surface area (Å²) in [5.41, 5.74) is 1.87. The number of anilines is 4. The highest BCUT2D eigenvalue weighted by Crippen LogP contribution is 2.16. The van der Waals surface area contributed by atoms with Gasteiger partial charge in [0.15, 0.2) is 0 Å². The fourth-order valence-electron chi connectivity index (χ4n) is 4.51. The fraction of sp³-hybridized carbons (Fsp3) is 0.176. The Bertz CT molecular complexity index is 1880. The molecule has 0 bridgehead atoms. The van der Waals surface area contributed by atoms with Crippen LogP contribution >= 0.6 is 0 Å². The van der Waals surface area contributed by atoms with Crippen molar-refractivity contribution in [1.82, 2.24) is 20.1 Å². The summed E-state index contributed by atoms with van der Waals surface area (Å²) in [6.45, 7) is 0.387. The molecule has 0 aromatic heterocycles. The fourth-order valence-corrected chi connectivity index (χ4v) is 6.36. The molecule has 0 atom stereocenters. The zero-order valence-electron chi connectivity index (χ0n) is 27.7. The highest BCUT2D eigenvalue weighted by atomic mass is 32.2. The lowest BCUT2D eigenvalue weighted by Crippen LogP contribution is -2.40. The van der Waals surface area contributed by atoms with E-state index in [9.17, 15) is 36.0 Å². The van der Waals surface area contributed by atoms with Crippen LogP contribution in [0.25, 0.3) is 0 Å². The molecule has 0 aliphatic carbocycles. The van der Waals surface area contributed by atoms with E-state index >= 15 is 0 Å². The van der Waals surface area contributed by atoms with Gasteiger partial charge in [-0.1, -0.05) is 49.2 Å². The van der Waals surface area contributed by atoms with Crippen LogP contribution in [0.15, 0.2) is 119 Å². The summed E-state index contributed by atoms with van der Waals surface area (Å²) in [6.07, 6.45) is 2.34. The van der Waals surface area contributed by atoms with Crippen molar-refractivity contribution in [2.45, 2.75) is 35.5 Å². The number of hydrogen-bond acceptors (Lipinski definition) is 8. The molecule has 52 heavy (non-hydrogen) atoms. The van der Waals surface area contributed by atoms with Crippen LogP contribution < -0.4 is 41.3 Å². The third-order valence-corrected chi connectivity index (χ3v) is 9.73. The van der Waals surface area contributed by atoms with Gasteiger partial charge in [-0.3, -0.25) is 0 Å². The molecule has 4 rings (SSSR count). The van der Waals surface area contributed by atoms with Crippen LogP contribution in [0, 0.1) is 0 Å². The molecule has 0 radical (unpaired) electrons. The predicted octanol–water partition coefficient (Wildman–Crippen LogP) is 5.21. The average Bonchev–Trinajstić information content (AvgIpc) is 3.10. The number of amides is 8. The van der Waals surface area contributed by atoms with E-state index in [0.29, 0.717) is 48.4 Å². The van der Waals surface area contributed by atoms with E-state index in [1.807, 2.05) is 21.6 Å². The van der Waals surface area contributed by atoms with Gasteiger partial charge in [-0.05, 0) is 85.6 Å². The number of para-hydroxylation sites is 2. The standard InChI is InChI=1S/C34H38N8O8S2/c43-31(41-51(47,48)29-19-15-27(16-20-29)39-33(45)37-25-11-5-3-6-12-25)35-23-9-1-2-10-24-36-32(44)42-52(49,50)30-21-17-28(18-22-30)40-34(46)38-26-13-7-4-8-14-26/h3-8,11-22H,1-2,9-10,23-24H2,(H2,35,41,43)(H2,36,42,44)(H2,37,39,45)(H2,38,40,46). The van der Waals surface area contributed by atoms with Crippen molar-refractivity contribution < 1.29 is 36.0 Å². The van der Waals surface area contributed by atoms with Crippen LogP contribution in [0.3, 0.4) is 0 Å². The van der Waals surface area contributed by atoms with Crippen LogP contribution in [-0.4, -0.2) is 54.0 Å². The normalized spacial score (nSPS) is 11.0. The van der Waals surface area contributed by atoms with Gasteiger partial charge in [-0.2, -0.15) is 0 Å². The van der Waals surface area contributed by atoms with E-state index in [0.717, 1.165) is 0 Å². The average molecular weight is 751 g/mol. The molecule has 0 saturated carbocycles. The van der Waals surface area contributed by atoms with Crippen molar-refractivity contribution in [1.29, 1.82) is 0 Å². The number of unbranched alkanes of at least 4 members (excludes halogenated alkanes) is 3. The summed E-state index contributed by atoms with van der Waals surface area (Å²) >= 11 is 0. The summed E-state index contributed by atoms with van der Waals surface area (Å²) in [5.74, 6) is 0. The molecule has 18 heteroatoms. The molecule has 16 nitrogen and oxygen atoms in total. The molecule has 0 saturated heterocycles. The minimum atomic E-state index is -4.16. The molecule has 0 spiro atoms. The largest absolute Gasteiger partial charge is 0.337 e. The summed E-state index contributed by atoms with van der Waals surface area (Å²) in [4.78, 5) is 48.3. The van der Waals surface area contributed by atoms with Gasteiger partial charge in [0.25, 0.3) is 20.0 Å². The molecular formula is C34H38N8O8S2. The second kappa shape index (κ2) is 18.7. The zero-order valence-corrected chi connectivity index (χ0v) is 29.4. The summed E-state index contributed by atoms with van der Waals surface area (Å²) in [5, 5.41) is 15.4. The van der Waals surface area contributed by atoms with Crippen molar-refractivity contribution in [2.24, 2.45) is 0 Å². The summed E-state index contributed by atoms with van der Waals surface area (Å²) in [7, 11) is -8.32. The number of benzene rings is 4. The minimum Gasteiger partial charge on any atom is -0.337 e. The maximum absolute atomic E-state index is 12.6. The van der Waals surface area contributed by atoms with E-state index < -0.39 is 44.2 Å². The molecule has 8 amide bonds. The van der Waals surface area contributed by atoms with Gasteiger partial charge in [0.05, 0.1) is 9.79 Å². The maximum atomic E-state index is 12.6. The van der Waals surface area contributed by atoms with E-state index in [1.54, 1.807) is 48.5 Å². The first kappa shape index (κ1) is 38.7. The Morgan fingerprint density at radius 3 is 1.02 bits per heavy atom. The van der Waals surface area contributed by atoms with Crippen molar-refractivity contribution in [3.05, 3.63) is 109 Å². The number of nitrogens with one attached hydrogen (secondary N) is 8. The molecule has 0 aliphatic rings. The molecule has 0 unspecified atom stereocenters. The number of carbonyl (C=O) groups is 4. The molecule has 0 aliphatic heterocycles. The van der Waals surface area contributed by atoms with E-state index in [-0.39, 0.29) is 22.9 Å². The third-order valence-electron chi connectivity index (χ3n) is 7.04. The first-order valence-corrected chi connectivity index (χ1v) is 18.9. The van der Waals surface area contributed by atoms with Crippen LogP contribution in [0.1, 0.15) is 25.7 Å². The van der Waals surface area contributed by atoms with Gasteiger partial charge in [0.1, 0.15) is 0 Å². The molecule has 4 aromatic rings. The SMILES string of the molecule is O=C(Nc1ccccc1)Nc1ccc(S(=O)(=O)NC(=O)NCCCCCCNC(=O)NS(=O)(=O)c2ccc(NC(=O)Nc3ccccc3)cc2)cc1. The Labute approximate surface area is 301 Å². The van der Waals surface area contributed by atoms with Crippen LogP contribution in [0.2, 0.25) is 0 Å². The van der Waals surface area contributed by atoms with Gasteiger partial charge >= 0.3 is 24.1 Å². The zero-order chi connectivity index (χ0) is 37.4. The van der Waals surface area contributed by atoms with Gasteiger partial charge in [0, 0.05) is 35.8 Å². The van der Waals surface area contributed by atoms with Crippen LogP contribution in [0.5, 0.6) is 0 Å². The monoisotopic (exact) mass is 750 g/mol. The lowest BCUT2D eigenvalue weighted by molar-refractivity contribution is 0.244. The first-order chi connectivity index (χ1) is 24.9. The maximum Gasteiger partial charge on any atom is 0.328 e. The second-order valence-electron chi connectivity index (χ2n) is 11.1. The minimum absolute atomic E-state index is 0.170. The lowest BCUT2D eigenvalue weighted by atomic mass is 10.2. The number of sulfonamides is 2. The van der Waals surface area contributed by atoms with Gasteiger partial charge in [0.2, 0.25) is 0 Å². The highest BCUT2D eigenvalue weighted by Gasteiger charge is 2.19. The van der Waals surface area contributed by atoms with E-state index in [1.165, 1.54) is 48.5 Å². The molecule has 274 valence electrons. The number of hydrogen-bond donors (Lipinski definition) is 8. The van der Waals surface area contributed by atoms with Crippen LogP contribution in [0.4, 0.5) is 41.9 Å². The molecule has 0 fully saturated rings. The highest BCUT2D eigenvalue weighted by molar-refractivity contribution is 7.90. The molecular weight excluding hydrogens is 713 g/mol. The third kappa shape index (κ3) is 13.0. The van der Waals surface area contributed by atoms with E-state index in [2.05, 4.69) is 31.9 Å². The van der Waals surface area contributed by atoms with E-state index in [4.69, 9.17) is 0 Å². The Morgan fingerprint density at radius 2 is 0.692 bits per heavy atom. The van der Waals surface area contributed by atoms with Gasteiger partial charge < -0.3 is 31.9 Å². The number of carbonyl (C=O) groups excluding carboxylic acids is 4. The summed E-state index contributed by atoms with van der Waals surface area (Å²) < 4.78 is 54.2. The van der Waals surface area contributed by atoms with Crippen molar-refractivity contribution in [3.8, 4) is 0 Å². The smallest absolute Gasteiger partial charge is 0.328 e. The van der Waals surface area contributed by atoms with Gasteiger partial charge in [-0.15, -0.1) is 0 Å². The topological polar surface area (TPSA) is 233 Å². The quantitative estimate of drug-likeness (QED) is 0.0750. The lowest BCUT2D eigenvalue weighted by Gasteiger charge is -2.11. The van der Waals surface area contributed by atoms with Crippen LogP contribution in [-0.2, 0) is 20.0 Å². The summed E-state index contributed by atoms with van der Waals surface area (Å²) in [6, 6.07) is 25.3. The number of urea groups is 4. The number of rotatable bonds is 15. The predicted molar refractivity (Wildman–Crippen MR) is 197 cm³/mol.